The molecule has 0 radical (unpaired) electrons. The molecule has 2 amide bonds. The average molecular weight is 483 g/mol. The zero-order valence-electron chi connectivity index (χ0n) is 18.6. The van der Waals surface area contributed by atoms with Crippen LogP contribution < -0.4 is 5.32 Å². The highest BCUT2D eigenvalue weighted by molar-refractivity contribution is 6.42. The second-order valence-corrected chi connectivity index (χ2v) is 8.74. The maximum atomic E-state index is 13.6. The van der Waals surface area contributed by atoms with E-state index in [1.807, 2.05) is 73.7 Å². The van der Waals surface area contributed by atoms with Gasteiger partial charge in [-0.25, -0.2) is 0 Å². The Labute approximate surface area is 205 Å². The Morgan fingerprint density at radius 2 is 1.48 bits per heavy atom. The van der Waals surface area contributed by atoms with Crippen LogP contribution in [0.2, 0.25) is 10.0 Å². The summed E-state index contributed by atoms with van der Waals surface area (Å²) in [6.07, 6.45) is 1.43. The number of carbonyl (C=O) groups excluding carboxylic acids is 2. The Kier molecular flexibility index (Phi) is 9.35. The third kappa shape index (κ3) is 7.34. The standard InChI is InChI=1S/C27H28Cl2N2O2/c1-2-15-30-27(33)25(17-20-9-5-3-6-10-20)31(19-22-13-14-23(28)24(29)16-22)26(32)18-21-11-7-4-8-12-21/h3-14,16,25H,2,15,17-19H2,1H3,(H,30,33)/t25-/m0/s1. The van der Waals surface area contributed by atoms with E-state index in [0.717, 1.165) is 23.1 Å². The van der Waals surface area contributed by atoms with E-state index in [2.05, 4.69) is 5.32 Å². The molecule has 0 aliphatic rings. The number of rotatable bonds is 10. The Morgan fingerprint density at radius 3 is 2.09 bits per heavy atom. The quantitative estimate of drug-likeness (QED) is 0.402. The minimum absolute atomic E-state index is 0.125. The van der Waals surface area contributed by atoms with E-state index < -0.39 is 6.04 Å². The molecule has 0 saturated heterocycles. The minimum Gasteiger partial charge on any atom is -0.354 e. The van der Waals surface area contributed by atoms with Gasteiger partial charge in [0.25, 0.3) is 0 Å². The normalized spacial score (nSPS) is 11.6. The van der Waals surface area contributed by atoms with Gasteiger partial charge >= 0.3 is 0 Å². The molecule has 33 heavy (non-hydrogen) atoms. The summed E-state index contributed by atoms with van der Waals surface area (Å²) in [6.45, 7) is 2.80. The third-order valence-electron chi connectivity index (χ3n) is 5.36. The number of nitrogens with zero attached hydrogens (tertiary/aromatic N) is 1. The van der Waals surface area contributed by atoms with Crippen molar-refractivity contribution in [3.63, 3.8) is 0 Å². The fourth-order valence-electron chi connectivity index (χ4n) is 3.63. The van der Waals surface area contributed by atoms with Crippen molar-refractivity contribution < 1.29 is 9.59 Å². The maximum Gasteiger partial charge on any atom is 0.243 e. The van der Waals surface area contributed by atoms with Crippen LogP contribution in [0.15, 0.2) is 78.9 Å². The second-order valence-electron chi connectivity index (χ2n) is 7.93. The van der Waals surface area contributed by atoms with Crippen LogP contribution in [0, 0.1) is 0 Å². The number of hydrogen-bond acceptors (Lipinski definition) is 2. The molecular formula is C27H28Cl2N2O2. The van der Waals surface area contributed by atoms with Gasteiger partial charge < -0.3 is 10.2 Å². The van der Waals surface area contributed by atoms with Gasteiger partial charge in [0.1, 0.15) is 6.04 Å². The van der Waals surface area contributed by atoms with Crippen LogP contribution in [0.5, 0.6) is 0 Å². The molecule has 1 atom stereocenters. The van der Waals surface area contributed by atoms with Crippen molar-refractivity contribution in [3.05, 3.63) is 106 Å². The van der Waals surface area contributed by atoms with Crippen LogP contribution in [0.25, 0.3) is 0 Å². The molecule has 3 aromatic rings. The Balaban J connectivity index is 1.95. The molecule has 1 N–H and O–H groups in total. The lowest BCUT2D eigenvalue weighted by atomic mass is 10.0. The summed E-state index contributed by atoms with van der Waals surface area (Å²) in [5.41, 5.74) is 2.70. The lowest BCUT2D eigenvalue weighted by Crippen LogP contribution is -2.51. The molecule has 0 bridgehead atoms. The number of carbonyl (C=O) groups is 2. The fraction of sp³-hybridized carbons (Fsp3) is 0.259. The number of nitrogens with one attached hydrogen (secondary N) is 1. The van der Waals surface area contributed by atoms with Crippen LogP contribution in [0.1, 0.15) is 30.0 Å². The average Bonchev–Trinajstić information content (AvgIpc) is 2.83. The first kappa shape index (κ1) is 24.8. The summed E-state index contributed by atoms with van der Waals surface area (Å²) in [5.74, 6) is -0.290. The summed E-state index contributed by atoms with van der Waals surface area (Å²) in [6, 6.07) is 23.9. The fourth-order valence-corrected chi connectivity index (χ4v) is 3.95. The molecule has 4 nitrogen and oxygen atoms in total. The van der Waals surface area contributed by atoms with Gasteiger partial charge in [0.05, 0.1) is 16.5 Å². The van der Waals surface area contributed by atoms with Crippen molar-refractivity contribution in [1.82, 2.24) is 10.2 Å². The Morgan fingerprint density at radius 1 is 0.848 bits per heavy atom. The third-order valence-corrected chi connectivity index (χ3v) is 6.09. The van der Waals surface area contributed by atoms with Crippen molar-refractivity contribution >= 4 is 35.0 Å². The molecule has 0 aliphatic carbocycles. The molecule has 0 fully saturated rings. The van der Waals surface area contributed by atoms with E-state index in [-0.39, 0.29) is 24.8 Å². The highest BCUT2D eigenvalue weighted by Gasteiger charge is 2.30. The summed E-state index contributed by atoms with van der Waals surface area (Å²) in [4.78, 5) is 28.5. The molecule has 0 unspecified atom stereocenters. The smallest absolute Gasteiger partial charge is 0.243 e. The van der Waals surface area contributed by atoms with E-state index in [1.165, 1.54) is 0 Å². The number of amides is 2. The summed E-state index contributed by atoms with van der Waals surface area (Å²) < 4.78 is 0. The minimum atomic E-state index is -0.662. The summed E-state index contributed by atoms with van der Waals surface area (Å²) in [5, 5.41) is 3.84. The van der Waals surface area contributed by atoms with Gasteiger partial charge in [-0.2, -0.15) is 0 Å². The largest absolute Gasteiger partial charge is 0.354 e. The van der Waals surface area contributed by atoms with Crippen molar-refractivity contribution in [2.75, 3.05) is 6.54 Å². The van der Waals surface area contributed by atoms with Crippen LogP contribution in [0.4, 0.5) is 0 Å². The lowest BCUT2D eigenvalue weighted by molar-refractivity contribution is -0.140. The summed E-state index contributed by atoms with van der Waals surface area (Å²) in [7, 11) is 0. The van der Waals surface area contributed by atoms with Gasteiger partial charge in [-0.3, -0.25) is 9.59 Å². The number of benzene rings is 3. The molecule has 0 spiro atoms. The first-order chi connectivity index (χ1) is 16.0. The zero-order valence-corrected chi connectivity index (χ0v) is 20.1. The maximum absolute atomic E-state index is 13.6. The highest BCUT2D eigenvalue weighted by atomic mass is 35.5. The van der Waals surface area contributed by atoms with Crippen LogP contribution in [-0.2, 0) is 29.0 Å². The highest BCUT2D eigenvalue weighted by Crippen LogP contribution is 2.24. The molecule has 172 valence electrons. The first-order valence-electron chi connectivity index (χ1n) is 11.1. The molecule has 0 heterocycles. The van der Waals surface area contributed by atoms with Crippen LogP contribution >= 0.6 is 23.2 Å². The zero-order chi connectivity index (χ0) is 23.6. The van der Waals surface area contributed by atoms with Crippen molar-refractivity contribution in [3.8, 4) is 0 Å². The van der Waals surface area contributed by atoms with Crippen molar-refractivity contribution in [2.45, 2.75) is 38.8 Å². The Hall–Kier alpha value is -2.82. The second kappa shape index (κ2) is 12.4. The molecule has 6 heteroatoms. The van der Waals surface area contributed by atoms with Crippen LogP contribution in [0.3, 0.4) is 0 Å². The van der Waals surface area contributed by atoms with Gasteiger partial charge in [0.15, 0.2) is 0 Å². The number of halogens is 2. The SMILES string of the molecule is CCCNC(=O)[C@H](Cc1ccccc1)N(Cc1ccc(Cl)c(Cl)c1)C(=O)Cc1ccccc1. The van der Waals surface area contributed by atoms with E-state index in [4.69, 9.17) is 23.2 Å². The molecule has 3 aromatic carbocycles. The lowest BCUT2D eigenvalue weighted by Gasteiger charge is -2.32. The Bertz CT molecular complexity index is 1060. The molecule has 3 rings (SSSR count). The molecular weight excluding hydrogens is 455 g/mol. The van der Waals surface area contributed by atoms with Crippen molar-refractivity contribution in [1.29, 1.82) is 0 Å². The van der Waals surface area contributed by atoms with E-state index in [0.29, 0.717) is 23.0 Å². The van der Waals surface area contributed by atoms with Gasteiger partial charge in [0, 0.05) is 19.5 Å². The molecule has 0 aliphatic heterocycles. The van der Waals surface area contributed by atoms with E-state index >= 15 is 0 Å². The monoisotopic (exact) mass is 482 g/mol. The first-order valence-corrected chi connectivity index (χ1v) is 11.8. The predicted octanol–water partition coefficient (Wildman–Crippen LogP) is 5.70. The molecule has 0 aromatic heterocycles. The van der Waals surface area contributed by atoms with Gasteiger partial charge in [-0.15, -0.1) is 0 Å². The van der Waals surface area contributed by atoms with E-state index in [9.17, 15) is 9.59 Å². The van der Waals surface area contributed by atoms with Gasteiger partial charge in [0.2, 0.25) is 11.8 Å². The number of hydrogen-bond donors (Lipinski definition) is 1. The van der Waals surface area contributed by atoms with Gasteiger partial charge in [-0.1, -0.05) is 96.9 Å². The topological polar surface area (TPSA) is 49.4 Å². The summed E-state index contributed by atoms with van der Waals surface area (Å²) >= 11 is 12.3. The van der Waals surface area contributed by atoms with E-state index in [1.54, 1.807) is 17.0 Å². The van der Waals surface area contributed by atoms with Gasteiger partial charge in [-0.05, 0) is 35.2 Å². The predicted molar refractivity (Wildman–Crippen MR) is 134 cm³/mol. The molecule has 0 saturated carbocycles. The van der Waals surface area contributed by atoms with Crippen LogP contribution in [-0.4, -0.2) is 29.3 Å². The van der Waals surface area contributed by atoms with Crippen molar-refractivity contribution in [2.24, 2.45) is 0 Å².